The third kappa shape index (κ3) is 3.23. The average Bonchev–Trinajstić information content (AvgIpc) is 2.67. The Balaban J connectivity index is 2.45. The molecule has 0 aliphatic carbocycles. The number of nitro groups is 1. The standard InChI is InChI=1S/C18H21N3O2/c1-13(19)9-10-14(21(22)23)11-12-17-18(2,3)15-7-5-6-8-16(15)20(17)4/h5-12,19H,1-4H3/b10-9-,14-11-,17-12-,19-13?. The number of nitrogens with one attached hydrogen (secondary N) is 1. The molecule has 1 aliphatic rings. The summed E-state index contributed by atoms with van der Waals surface area (Å²) in [4.78, 5) is 12.8. The zero-order chi connectivity index (χ0) is 17.2. The number of anilines is 1. The van der Waals surface area contributed by atoms with E-state index in [2.05, 4.69) is 24.8 Å². The number of likely N-dealkylation sites (N-methyl/N-ethyl adjacent to an activating group) is 1. The fourth-order valence-electron chi connectivity index (χ4n) is 2.85. The zero-order valence-corrected chi connectivity index (χ0v) is 13.8. The van der Waals surface area contributed by atoms with Crippen LogP contribution in [-0.2, 0) is 5.41 Å². The first-order valence-electron chi connectivity index (χ1n) is 7.38. The van der Waals surface area contributed by atoms with Gasteiger partial charge in [-0.1, -0.05) is 32.0 Å². The molecule has 2 rings (SSSR count). The van der Waals surface area contributed by atoms with E-state index in [4.69, 9.17) is 5.41 Å². The molecule has 0 bridgehead atoms. The Morgan fingerprint density at radius 2 is 1.96 bits per heavy atom. The van der Waals surface area contributed by atoms with Crippen molar-refractivity contribution < 1.29 is 4.92 Å². The Kier molecular flexibility index (Phi) is 4.50. The van der Waals surface area contributed by atoms with Gasteiger partial charge >= 0.3 is 0 Å². The van der Waals surface area contributed by atoms with Crippen molar-refractivity contribution in [2.75, 3.05) is 11.9 Å². The first-order chi connectivity index (χ1) is 10.7. The highest BCUT2D eigenvalue weighted by atomic mass is 16.6. The van der Waals surface area contributed by atoms with Gasteiger partial charge in [0, 0.05) is 41.7 Å². The lowest BCUT2D eigenvalue weighted by Gasteiger charge is -2.23. The van der Waals surface area contributed by atoms with Crippen LogP contribution in [0.4, 0.5) is 5.69 Å². The molecule has 0 fully saturated rings. The molecule has 5 heteroatoms. The fourth-order valence-corrected chi connectivity index (χ4v) is 2.85. The minimum absolute atomic E-state index is 0.0377. The second kappa shape index (κ2) is 6.20. The highest BCUT2D eigenvalue weighted by Gasteiger charge is 2.37. The minimum Gasteiger partial charge on any atom is -0.347 e. The van der Waals surface area contributed by atoms with E-state index in [1.807, 2.05) is 25.2 Å². The smallest absolute Gasteiger partial charge is 0.269 e. The molecule has 0 aromatic heterocycles. The van der Waals surface area contributed by atoms with E-state index in [0.29, 0.717) is 0 Å². The van der Waals surface area contributed by atoms with E-state index < -0.39 is 4.92 Å². The maximum Gasteiger partial charge on any atom is 0.269 e. The number of hydrogen-bond donors (Lipinski definition) is 1. The summed E-state index contributed by atoms with van der Waals surface area (Å²) in [5.41, 5.74) is 3.34. The third-order valence-electron chi connectivity index (χ3n) is 4.07. The van der Waals surface area contributed by atoms with Crippen LogP contribution in [0, 0.1) is 15.5 Å². The maximum atomic E-state index is 11.2. The summed E-state index contributed by atoms with van der Waals surface area (Å²) in [5, 5.41) is 18.5. The van der Waals surface area contributed by atoms with Gasteiger partial charge in [0.05, 0.1) is 4.92 Å². The maximum absolute atomic E-state index is 11.2. The predicted octanol–water partition coefficient (Wildman–Crippen LogP) is 4.05. The van der Waals surface area contributed by atoms with Crippen molar-refractivity contribution in [3.63, 3.8) is 0 Å². The van der Waals surface area contributed by atoms with E-state index >= 15 is 0 Å². The van der Waals surface area contributed by atoms with Crippen LogP contribution in [0.1, 0.15) is 26.3 Å². The van der Waals surface area contributed by atoms with Crippen LogP contribution in [0.2, 0.25) is 0 Å². The summed E-state index contributed by atoms with van der Waals surface area (Å²) in [6.07, 6.45) is 6.07. The van der Waals surface area contributed by atoms with Crippen molar-refractivity contribution in [2.24, 2.45) is 0 Å². The number of benzene rings is 1. The van der Waals surface area contributed by atoms with E-state index in [0.717, 1.165) is 11.4 Å². The zero-order valence-electron chi connectivity index (χ0n) is 13.8. The van der Waals surface area contributed by atoms with Crippen molar-refractivity contribution in [3.05, 3.63) is 75.6 Å². The van der Waals surface area contributed by atoms with Crippen LogP contribution >= 0.6 is 0 Å². The first-order valence-corrected chi connectivity index (χ1v) is 7.38. The quantitative estimate of drug-likeness (QED) is 0.394. The molecule has 0 unspecified atom stereocenters. The molecular weight excluding hydrogens is 290 g/mol. The molecule has 0 amide bonds. The number of allylic oxidation sites excluding steroid dienone is 5. The van der Waals surface area contributed by atoms with Crippen LogP contribution in [-0.4, -0.2) is 17.7 Å². The van der Waals surface area contributed by atoms with Crippen molar-refractivity contribution in [2.45, 2.75) is 26.2 Å². The van der Waals surface area contributed by atoms with Crippen LogP contribution in [0.25, 0.3) is 0 Å². The molecule has 0 saturated carbocycles. The number of hydrogen-bond acceptors (Lipinski definition) is 4. The summed E-state index contributed by atoms with van der Waals surface area (Å²) in [6, 6.07) is 8.13. The van der Waals surface area contributed by atoms with Crippen LogP contribution < -0.4 is 4.90 Å². The molecule has 1 aromatic rings. The number of para-hydroxylation sites is 1. The van der Waals surface area contributed by atoms with Gasteiger partial charge in [-0.15, -0.1) is 0 Å². The molecule has 120 valence electrons. The number of nitrogens with zero attached hydrogens (tertiary/aromatic N) is 2. The van der Waals surface area contributed by atoms with Gasteiger partial charge in [0.1, 0.15) is 0 Å². The second-order valence-electron chi connectivity index (χ2n) is 6.12. The van der Waals surface area contributed by atoms with Gasteiger partial charge < -0.3 is 10.3 Å². The van der Waals surface area contributed by atoms with Gasteiger partial charge in [0.2, 0.25) is 0 Å². The molecule has 1 heterocycles. The lowest BCUT2D eigenvalue weighted by Crippen LogP contribution is -2.22. The Morgan fingerprint density at radius 3 is 2.52 bits per heavy atom. The van der Waals surface area contributed by atoms with E-state index in [1.165, 1.54) is 23.8 Å². The van der Waals surface area contributed by atoms with Crippen LogP contribution in [0.5, 0.6) is 0 Å². The number of rotatable bonds is 4. The Labute approximate surface area is 136 Å². The highest BCUT2D eigenvalue weighted by Crippen LogP contribution is 2.46. The molecule has 0 saturated heterocycles. The monoisotopic (exact) mass is 311 g/mol. The largest absolute Gasteiger partial charge is 0.347 e. The molecule has 1 aliphatic heterocycles. The Hall–Kier alpha value is -2.69. The summed E-state index contributed by atoms with van der Waals surface area (Å²) in [5.74, 6) is 0. The van der Waals surface area contributed by atoms with Gasteiger partial charge in [-0.2, -0.15) is 0 Å². The second-order valence-corrected chi connectivity index (χ2v) is 6.12. The SMILES string of the molecule is CC(=N)\C=C/C(=C/C=C1\N(C)c2ccccc2C1(C)C)[N+](=O)[O-]. The summed E-state index contributed by atoms with van der Waals surface area (Å²) >= 11 is 0. The van der Waals surface area contributed by atoms with Gasteiger partial charge in [0.25, 0.3) is 5.70 Å². The summed E-state index contributed by atoms with van der Waals surface area (Å²) in [7, 11) is 1.97. The van der Waals surface area contributed by atoms with Gasteiger partial charge in [0.15, 0.2) is 0 Å². The molecule has 0 atom stereocenters. The lowest BCUT2D eigenvalue weighted by atomic mass is 9.84. The van der Waals surface area contributed by atoms with E-state index in [-0.39, 0.29) is 16.8 Å². The lowest BCUT2D eigenvalue weighted by molar-refractivity contribution is -0.419. The van der Waals surface area contributed by atoms with Gasteiger partial charge in [-0.25, -0.2) is 0 Å². The van der Waals surface area contributed by atoms with Gasteiger partial charge in [-0.05, 0) is 30.7 Å². The molecule has 23 heavy (non-hydrogen) atoms. The van der Waals surface area contributed by atoms with Crippen molar-refractivity contribution in [1.29, 1.82) is 5.41 Å². The fraction of sp³-hybridized carbons (Fsp3) is 0.278. The van der Waals surface area contributed by atoms with Crippen molar-refractivity contribution in [3.8, 4) is 0 Å². The van der Waals surface area contributed by atoms with Crippen molar-refractivity contribution in [1.82, 2.24) is 0 Å². The summed E-state index contributed by atoms with van der Waals surface area (Å²) < 4.78 is 0. The highest BCUT2D eigenvalue weighted by molar-refractivity contribution is 5.90. The average molecular weight is 311 g/mol. The molecular formula is C18H21N3O2. The molecule has 0 spiro atoms. The molecule has 1 N–H and O–H groups in total. The van der Waals surface area contributed by atoms with Crippen LogP contribution in [0.3, 0.4) is 0 Å². The Morgan fingerprint density at radius 1 is 1.30 bits per heavy atom. The van der Waals surface area contributed by atoms with E-state index in [1.54, 1.807) is 13.0 Å². The molecule has 1 aromatic carbocycles. The van der Waals surface area contributed by atoms with Crippen molar-refractivity contribution >= 4 is 11.4 Å². The topological polar surface area (TPSA) is 70.2 Å². The van der Waals surface area contributed by atoms with E-state index in [9.17, 15) is 10.1 Å². The predicted molar refractivity (Wildman–Crippen MR) is 93.6 cm³/mol. The van der Waals surface area contributed by atoms with Gasteiger partial charge in [-0.3, -0.25) is 10.1 Å². The number of fused-ring (bicyclic) bond motifs is 1. The molecule has 5 nitrogen and oxygen atoms in total. The minimum atomic E-state index is -0.439. The van der Waals surface area contributed by atoms with Crippen LogP contribution in [0.15, 0.2) is 60.0 Å². The third-order valence-corrected chi connectivity index (χ3v) is 4.07. The first kappa shape index (κ1) is 16.7. The Bertz CT molecular complexity index is 742. The summed E-state index contributed by atoms with van der Waals surface area (Å²) in [6.45, 7) is 5.80. The normalized spacial score (nSPS) is 18.5. The molecule has 0 radical (unpaired) electrons.